The molecular weight excluding hydrogens is 182 g/mol. The molecule has 4 nitrogen and oxygen atoms in total. The second-order valence-electron chi connectivity index (χ2n) is 2.81. The van der Waals surface area contributed by atoms with Crippen LogP contribution in [0, 0.1) is 0 Å². The van der Waals surface area contributed by atoms with Crippen molar-refractivity contribution in [2.75, 3.05) is 26.3 Å². The Morgan fingerprint density at radius 2 is 1.50 bits per heavy atom. The van der Waals surface area contributed by atoms with Gasteiger partial charge in [0.2, 0.25) is 11.6 Å². The maximum atomic E-state index is 10.3. The lowest BCUT2D eigenvalue weighted by atomic mass is 10.1. The van der Waals surface area contributed by atoms with Gasteiger partial charge in [0, 0.05) is 13.1 Å². The Hall–Kier alpha value is -1.26. The van der Waals surface area contributed by atoms with Crippen molar-refractivity contribution >= 4 is 11.6 Å². The van der Waals surface area contributed by atoms with Crippen molar-refractivity contribution in [3.8, 4) is 0 Å². The van der Waals surface area contributed by atoms with Crippen LogP contribution in [-0.4, -0.2) is 37.9 Å². The van der Waals surface area contributed by atoms with Crippen LogP contribution in [0.5, 0.6) is 0 Å². The van der Waals surface area contributed by atoms with Gasteiger partial charge in [-0.05, 0) is 12.2 Å². The molecule has 2 rings (SSSR count). The molecule has 1 fully saturated rings. The summed E-state index contributed by atoms with van der Waals surface area (Å²) in [7, 11) is 0. The van der Waals surface area contributed by atoms with E-state index in [0.29, 0.717) is 0 Å². The number of carbonyl (C=O) groups excluding carboxylic acids is 2. The van der Waals surface area contributed by atoms with Crippen molar-refractivity contribution in [3.63, 3.8) is 0 Å². The average Bonchev–Trinajstić information content (AvgIpc) is 2.26. The van der Waals surface area contributed by atoms with E-state index in [4.69, 9.17) is 4.74 Å². The molecule has 0 radical (unpaired) electrons. The van der Waals surface area contributed by atoms with Gasteiger partial charge in [0.15, 0.2) is 0 Å². The van der Waals surface area contributed by atoms with Gasteiger partial charge >= 0.3 is 0 Å². The van der Waals surface area contributed by atoms with Gasteiger partial charge in [0.1, 0.15) is 0 Å². The summed E-state index contributed by atoms with van der Waals surface area (Å²) in [5.74, 6) is -0.875. The topological polar surface area (TPSA) is 55.4 Å². The standard InChI is InChI=1S/C6H4O2.C4H9NO/c7-5-3-1-2-4-6(5)8;1-3-6-4-2-5-1/h1-4H;5H,1-4H2. The van der Waals surface area contributed by atoms with Gasteiger partial charge in [-0.3, -0.25) is 9.59 Å². The molecule has 0 bridgehead atoms. The molecule has 0 aromatic heterocycles. The van der Waals surface area contributed by atoms with Crippen molar-refractivity contribution in [1.82, 2.24) is 5.32 Å². The van der Waals surface area contributed by atoms with E-state index in [0.717, 1.165) is 26.3 Å². The average molecular weight is 195 g/mol. The SMILES string of the molecule is C1COCCN1.O=C1C=CC=CC1=O. The Bertz CT molecular complexity index is 231. The number of allylic oxidation sites excluding steroid dienone is 4. The molecule has 1 saturated heterocycles. The number of carbonyl (C=O) groups is 2. The zero-order valence-electron chi connectivity index (χ0n) is 7.86. The summed E-state index contributed by atoms with van der Waals surface area (Å²) in [5, 5.41) is 3.16. The minimum atomic E-state index is -0.437. The lowest BCUT2D eigenvalue weighted by Gasteiger charge is -2.10. The Labute approximate surface area is 82.6 Å². The minimum Gasteiger partial charge on any atom is -0.379 e. The molecule has 1 aliphatic heterocycles. The molecule has 0 amide bonds. The van der Waals surface area contributed by atoms with Crippen LogP contribution in [0.1, 0.15) is 0 Å². The Balaban J connectivity index is 0.000000146. The first-order valence-electron chi connectivity index (χ1n) is 4.52. The molecule has 14 heavy (non-hydrogen) atoms. The fraction of sp³-hybridized carbons (Fsp3) is 0.400. The van der Waals surface area contributed by atoms with Crippen molar-refractivity contribution in [3.05, 3.63) is 24.3 Å². The molecule has 1 heterocycles. The number of hydrogen-bond acceptors (Lipinski definition) is 4. The van der Waals surface area contributed by atoms with Crippen LogP contribution in [-0.2, 0) is 14.3 Å². The van der Waals surface area contributed by atoms with Crippen LogP contribution in [0.25, 0.3) is 0 Å². The summed E-state index contributed by atoms with van der Waals surface area (Å²) >= 11 is 0. The molecule has 2 aliphatic rings. The summed E-state index contributed by atoms with van der Waals surface area (Å²) in [5.41, 5.74) is 0. The summed E-state index contributed by atoms with van der Waals surface area (Å²) in [4.78, 5) is 20.6. The number of morpholine rings is 1. The molecule has 0 aromatic rings. The number of nitrogens with one attached hydrogen (secondary N) is 1. The quantitative estimate of drug-likeness (QED) is 0.431. The van der Waals surface area contributed by atoms with E-state index in [1.165, 1.54) is 12.2 Å². The zero-order valence-corrected chi connectivity index (χ0v) is 7.86. The highest BCUT2D eigenvalue weighted by molar-refractivity contribution is 6.46. The number of hydrogen-bond donors (Lipinski definition) is 1. The van der Waals surface area contributed by atoms with E-state index in [2.05, 4.69) is 5.32 Å². The fourth-order valence-electron chi connectivity index (χ4n) is 0.966. The normalized spacial score (nSPS) is 20.3. The smallest absolute Gasteiger partial charge is 0.225 e. The molecule has 0 aromatic carbocycles. The van der Waals surface area contributed by atoms with Crippen molar-refractivity contribution in [2.24, 2.45) is 0 Å². The summed E-state index contributed by atoms with van der Waals surface area (Å²) in [6.07, 6.45) is 5.60. The first-order chi connectivity index (χ1) is 6.80. The van der Waals surface area contributed by atoms with E-state index >= 15 is 0 Å². The highest BCUT2D eigenvalue weighted by atomic mass is 16.5. The maximum Gasteiger partial charge on any atom is 0.225 e. The van der Waals surface area contributed by atoms with E-state index in [1.54, 1.807) is 12.2 Å². The molecule has 0 saturated carbocycles. The predicted molar refractivity (Wildman–Crippen MR) is 52.0 cm³/mol. The second-order valence-corrected chi connectivity index (χ2v) is 2.81. The van der Waals surface area contributed by atoms with Crippen molar-refractivity contribution < 1.29 is 14.3 Å². The maximum absolute atomic E-state index is 10.3. The molecule has 1 N–H and O–H groups in total. The Morgan fingerprint density at radius 3 is 1.71 bits per heavy atom. The number of ketones is 2. The fourth-order valence-corrected chi connectivity index (χ4v) is 0.966. The van der Waals surface area contributed by atoms with Crippen LogP contribution < -0.4 is 5.32 Å². The lowest BCUT2D eigenvalue weighted by molar-refractivity contribution is -0.131. The van der Waals surface area contributed by atoms with Crippen LogP contribution >= 0.6 is 0 Å². The molecule has 0 spiro atoms. The van der Waals surface area contributed by atoms with Crippen LogP contribution in [0.15, 0.2) is 24.3 Å². The zero-order chi connectivity index (χ0) is 10.2. The highest BCUT2D eigenvalue weighted by Crippen LogP contribution is 1.90. The Morgan fingerprint density at radius 1 is 1.00 bits per heavy atom. The van der Waals surface area contributed by atoms with Gasteiger partial charge in [-0.2, -0.15) is 0 Å². The molecule has 76 valence electrons. The molecule has 0 atom stereocenters. The first kappa shape index (κ1) is 10.8. The van der Waals surface area contributed by atoms with Gasteiger partial charge < -0.3 is 10.1 Å². The summed E-state index contributed by atoms with van der Waals surface area (Å²) < 4.78 is 5.01. The van der Waals surface area contributed by atoms with Gasteiger partial charge in [-0.25, -0.2) is 0 Å². The van der Waals surface area contributed by atoms with E-state index in [1.807, 2.05) is 0 Å². The van der Waals surface area contributed by atoms with Crippen LogP contribution in [0.4, 0.5) is 0 Å². The van der Waals surface area contributed by atoms with Crippen molar-refractivity contribution in [2.45, 2.75) is 0 Å². The van der Waals surface area contributed by atoms with Crippen LogP contribution in [0.2, 0.25) is 0 Å². The molecule has 4 heteroatoms. The van der Waals surface area contributed by atoms with Gasteiger partial charge in [-0.15, -0.1) is 0 Å². The highest BCUT2D eigenvalue weighted by Gasteiger charge is 2.06. The monoisotopic (exact) mass is 195 g/mol. The lowest BCUT2D eigenvalue weighted by Crippen LogP contribution is -2.30. The van der Waals surface area contributed by atoms with Crippen molar-refractivity contribution in [1.29, 1.82) is 0 Å². The molecule has 1 aliphatic carbocycles. The minimum absolute atomic E-state index is 0.437. The van der Waals surface area contributed by atoms with Gasteiger partial charge in [-0.1, -0.05) is 12.2 Å². The Kier molecular flexibility index (Phi) is 4.82. The third-order valence-corrected chi connectivity index (χ3v) is 1.70. The third kappa shape index (κ3) is 4.11. The summed E-state index contributed by atoms with van der Waals surface area (Å²) in [6, 6.07) is 0. The number of rotatable bonds is 0. The van der Waals surface area contributed by atoms with Gasteiger partial charge in [0.05, 0.1) is 13.2 Å². The van der Waals surface area contributed by atoms with E-state index in [-0.39, 0.29) is 0 Å². The summed E-state index contributed by atoms with van der Waals surface area (Å²) in [6.45, 7) is 3.83. The molecule has 0 unspecified atom stereocenters. The van der Waals surface area contributed by atoms with E-state index in [9.17, 15) is 9.59 Å². The third-order valence-electron chi connectivity index (χ3n) is 1.70. The predicted octanol–water partition coefficient (Wildman–Crippen LogP) is -0.143. The number of ether oxygens (including phenoxy) is 1. The van der Waals surface area contributed by atoms with Crippen LogP contribution in [0.3, 0.4) is 0 Å². The van der Waals surface area contributed by atoms with E-state index < -0.39 is 11.6 Å². The molecular formula is C10H13NO3. The first-order valence-corrected chi connectivity index (χ1v) is 4.52. The van der Waals surface area contributed by atoms with Gasteiger partial charge in [0.25, 0.3) is 0 Å². The second kappa shape index (κ2) is 6.23. The largest absolute Gasteiger partial charge is 0.379 e.